The molecule has 1 aromatic carbocycles. The van der Waals surface area contributed by atoms with E-state index in [-0.39, 0.29) is 17.9 Å². The van der Waals surface area contributed by atoms with Crippen molar-refractivity contribution in [2.45, 2.75) is 18.1 Å². The molecule has 0 bridgehead atoms. The van der Waals surface area contributed by atoms with Crippen LogP contribution in [-0.4, -0.2) is 31.0 Å². The van der Waals surface area contributed by atoms with E-state index < -0.39 is 18.1 Å². The van der Waals surface area contributed by atoms with Crippen LogP contribution in [0.1, 0.15) is 5.56 Å². The van der Waals surface area contributed by atoms with Gasteiger partial charge >= 0.3 is 18.1 Å². The van der Waals surface area contributed by atoms with Gasteiger partial charge in [0.2, 0.25) is 0 Å². The number of halogens is 7. The maximum atomic E-state index is 13.0. The van der Waals surface area contributed by atoms with Gasteiger partial charge in [-0.05, 0) is 12.1 Å². The molecule has 0 radical (unpaired) electrons. The minimum atomic E-state index is -6.43. The molecule has 3 nitrogen and oxygen atoms in total. The highest BCUT2D eigenvalue weighted by Gasteiger charge is 2.73. The topological polar surface area (TPSA) is 33.6 Å². The van der Waals surface area contributed by atoms with Gasteiger partial charge in [0.1, 0.15) is 12.4 Å². The van der Waals surface area contributed by atoms with Crippen LogP contribution in [0.3, 0.4) is 0 Å². The molecule has 0 spiro atoms. The average Bonchev–Trinajstić information content (AvgIpc) is 2.44. The molecule has 23 heavy (non-hydrogen) atoms. The van der Waals surface area contributed by atoms with Crippen LogP contribution in [0.4, 0.5) is 30.7 Å². The SMILES string of the molecule is C=CCOc1ccccc1/C=N/NC(F)(F)C(F)(F)C(F)(F)F. The fourth-order valence-electron chi connectivity index (χ4n) is 1.30. The quantitative estimate of drug-likeness (QED) is 0.267. The van der Waals surface area contributed by atoms with Crippen LogP contribution in [-0.2, 0) is 0 Å². The Hall–Kier alpha value is -2.26. The first kappa shape index (κ1) is 18.8. The van der Waals surface area contributed by atoms with Crippen LogP contribution in [0, 0.1) is 0 Å². The Morgan fingerprint density at radius 2 is 1.70 bits per heavy atom. The average molecular weight is 344 g/mol. The number of ether oxygens (including phenoxy) is 1. The van der Waals surface area contributed by atoms with Crippen molar-refractivity contribution < 1.29 is 35.5 Å². The van der Waals surface area contributed by atoms with Crippen molar-refractivity contribution in [3.63, 3.8) is 0 Å². The number of nitrogens with zero attached hydrogens (tertiary/aromatic N) is 1. The van der Waals surface area contributed by atoms with Gasteiger partial charge in [0.15, 0.2) is 0 Å². The zero-order valence-corrected chi connectivity index (χ0v) is 11.4. The third kappa shape index (κ3) is 4.36. The highest BCUT2D eigenvalue weighted by atomic mass is 19.4. The van der Waals surface area contributed by atoms with Crippen LogP contribution >= 0.6 is 0 Å². The van der Waals surface area contributed by atoms with Gasteiger partial charge in [-0.25, -0.2) is 5.43 Å². The third-order valence-electron chi connectivity index (χ3n) is 2.43. The molecule has 0 amide bonds. The first-order chi connectivity index (χ1) is 10.5. The van der Waals surface area contributed by atoms with E-state index in [0.29, 0.717) is 11.6 Å². The standard InChI is InChI=1S/C13H11F7N2O/c1-2-7-23-10-6-4-3-5-9(10)8-21-22-13(19,20)11(14,15)12(16,17)18/h2-6,8,22H,1,7H2/b21-8+. The van der Waals surface area contributed by atoms with Crippen molar-refractivity contribution in [1.82, 2.24) is 5.43 Å². The molecule has 1 aromatic rings. The molecule has 128 valence electrons. The van der Waals surface area contributed by atoms with Crippen molar-refractivity contribution >= 4 is 6.21 Å². The molecule has 0 heterocycles. The number of hydrogen-bond acceptors (Lipinski definition) is 3. The Bertz CT molecular complexity index is 570. The van der Waals surface area contributed by atoms with Crippen molar-refractivity contribution in [3.05, 3.63) is 42.5 Å². The smallest absolute Gasteiger partial charge is 0.462 e. The second kappa shape index (κ2) is 6.88. The highest BCUT2D eigenvalue weighted by molar-refractivity contribution is 5.83. The summed E-state index contributed by atoms with van der Waals surface area (Å²) in [6.07, 6.45) is -4.40. The van der Waals surface area contributed by atoms with Gasteiger partial charge in [-0.1, -0.05) is 24.8 Å². The van der Waals surface area contributed by atoms with Gasteiger partial charge in [0, 0.05) is 5.56 Å². The van der Waals surface area contributed by atoms with Gasteiger partial charge in [0.05, 0.1) is 6.21 Å². The van der Waals surface area contributed by atoms with Crippen molar-refractivity contribution in [2.75, 3.05) is 6.61 Å². The highest BCUT2D eigenvalue weighted by Crippen LogP contribution is 2.44. The molecule has 0 aliphatic carbocycles. The van der Waals surface area contributed by atoms with E-state index in [2.05, 4.69) is 11.7 Å². The summed E-state index contributed by atoms with van der Waals surface area (Å²) < 4.78 is 92.1. The Kier molecular flexibility index (Phi) is 5.62. The molecule has 0 saturated carbocycles. The number of hydrazone groups is 1. The maximum Gasteiger partial charge on any atom is 0.462 e. The monoisotopic (exact) mass is 344 g/mol. The predicted molar refractivity (Wildman–Crippen MR) is 68.8 cm³/mol. The number of hydrogen-bond donors (Lipinski definition) is 1. The maximum absolute atomic E-state index is 13.0. The van der Waals surface area contributed by atoms with Crippen molar-refractivity contribution in [3.8, 4) is 5.75 Å². The van der Waals surface area contributed by atoms with E-state index in [9.17, 15) is 30.7 Å². The number of benzene rings is 1. The molecule has 1 rings (SSSR count). The molecule has 0 aliphatic heterocycles. The summed E-state index contributed by atoms with van der Waals surface area (Å²) in [6.45, 7) is 3.46. The summed E-state index contributed by atoms with van der Waals surface area (Å²) in [6, 6.07) is 0.149. The number of nitrogens with one attached hydrogen (secondary N) is 1. The van der Waals surface area contributed by atoms with Gasteiger partial charge in [-0.2, -0.15) is 35.8 Å². The molecule has 10 heteroatoms. The minimum Gasteiger partial charge on any atom is -0.489 e. The van der Waals surface area contributed by atoms with Gasteiger partial charge < -0.3 is 4.74 Å². The zero-order chi connectivity index (χ0) is 17.7. The number of rotatable bonds is 7. The minimum absolute atomic E-state index is 0.0700. The van der Waals surface area contributed by atoms with E-state index in [0.717, 1.165) is 0 Å². The fraction of sp³-hybridized carbons (Fsp3) is 0.308. The van der Waals surface area contributed by atoms with Gasteiger partial charge in [0.25, 0.3) is 0 Å². The lowest BCUT2D eigenvalue weighted by molar-refractivity contribution is -0.361. The van der Waals surface area contributed by atoms with Crippen LogP contribution in [0.5, 0.6) is 5.75 Å². The van der Waals surface area contributed by atoms with E-state index in [4.69, 9.17) is 4.74 Å². The Morgan fingerprint density at radius 3 is 2.26 bits per heavy atom. The Morgan fingerprint density at radius 1 is 1.09 bits per heavy atom. The lowest BCUT2D eigenvalue weighted by Crippen LogP contribution is -2.58. The zero-order valence-electron chi connectivity index (χ0n) is 11.4. The largest absolute Gasteiger partial charge is 0.489 e. The first-order valence-electron chi connectivity index (χ1n) is 5.98. The van der Waals surface area contributed by atoms with E-state index in [1.54, 1.807) is 0 Å². The number of para-hydroxylation sites is 1. The summed E-state index contributed by atoms with van der Waals surface area (Å²) in [7, 11) is 0. The summed E-state index contributed by atoms with van der Waals surface area (Å²) >= 11 is 0. The molecular formula is C13H11F7N2O. The third-order valence-corrected chi connectivity index (χ3v) is 2.43. The van der Waals surface area contributed by atoms with Gasteiger partial charge in [-0.15, -0.1) is 0 Å². The number of alkyl halides is 7. The molecule has 0 saturated heterocycles. The van der Waals surface area contributed by atoms with E-state index in [1.165, 1.54) is 30.3 Å². The lowest BCUT2D eigenvalue weighted by Gasteiger charge is -2.27. The van der Waals surface area contributed by atoms with Crippen LogP contribution in [0.15, 0.2) is 42.0 Å². The normalized spacial score (nSPS) is 13.2. The van der Waals surface area contributed by atoms with Crippen LogP contribution in [0.2, 0.25) is 0 Å². The van der Waals surface area contributed by atoms with Crippen LogP contribution < -0.4 is 10.2 Å². The van der Waals surface area contributed by atoms with Gasteiger partial charge in [-0.3, -0.25) is 0 Å². The predicted octanol–water partition coefficient (Wildman–Crippen LogP) is 3.97. The van der Waals surface area contributed by atoms with Crippen molar-refractivity contribution in [1.29, 1.82) is 0 Å². The Labute approximate surface area is 126 Å². The second-order valence-corrected chi connectivity index (χ2v) is 4.15. The molecule has 0 atom stereocenters. The fourth-order valence-corrected chi connectivity index (χ4v) is 1.30. The van der Waals surface area contributed by atoms with E-state index in [1.807, 2.05) is 0 Å². The van der Waals surface area contributed by atoms with Crippen LogP contribution in [0.25, 0.3) is 0 Å². The van der Waals surface area contributed by atoms with E-state index >= 15 is 0 Å². The summed E-state index contributed by atoms with van der Waals surface area (Å²) in [5.41, 5.74) is 0.619. The molecular weight excluding hydrogens is 333 g/mol. The molecule has 0 aromatic heterocycles. The molecule has 0 fully saturated rings. The Balaban J connectivity index is 2.89. The molecule has 0 unspecified atom stereocenters. The molecule has 1 N–H and O–H groups in total. The van der Waals surface area contributed by atoms with Crippen molar-refractivity contribution in [2.24, 2.45) is 5.10 Å². The lowest BCUT2D eigenvalue weighted by atomic mass is 10.2. The second-order valence-electron chi connectivity index (χ2n) is 4.15. The first-order valence-corrected chi connectivity index (χ1v) is 5.98. The summed E-state index contributed by atoms with van der Waals surface area (Å²) in [5.74, 6) is -6.13. The summed E-state index contributed by atoms with van der Waals surface area (Å²) in [4.78, 5) is 0. The molecule has 0 aliphatic rings. The summed E-state index contributed by atoms with van der Waals surface area (Å²) in [5, 5.41) is 2.75.